The van der Waals surface area contributed by atoms with Gasteiger partial charge in [0.1, 0.15) is 11.0 Å². The fraction of sp³-hybridized carbons (Fsp3) is 0.606. The zero-order chi connectivity index (χ0) is 35.3. The summed E-state index contributed by atoms with van der Waals surface area (Å²) in [6.45, 7) is 3.96. The number of hydrogen-bond acceptors (Lipinski definition) is 8. The van der Waals surface area contributed by atoms with Crippen molar-refractivity contribution in [2.24, 2.45) is 17.6 Å². The van der Waals surface area contributed by atoms with Crippen molar-refractivity contribution in [1.29, 1.82) is 0 Å². The Hall–Kier alpha value is -2.18. The van der Waals surface area contributed by atoms with E-state index in [0.29, 0.717) is 55.7 Å². The Balaban J connectivity index is 1.18. The van der Waals surface area contributed by atoms with Crippen LogP contribution >= 0.6 is 34.2 Å². The van der Waals surface area contributed by atoms with E-state index < -0.39 is 21.9 Å². The summed E-state index contributed by atoms with van der Waals surface area (Å²) in [4.78, 5) is 37.0. The number of pyridine rings is 1. The number of amides is 2. The monoisotopic (exact) mass is 835 g/mol. The molecule has 0 unspecified atom stereocenters. The van der Waals surface area contributed by atoms with E-state index >= 15 is 8.78 Å². The molecule has 0 spiro atoms. The minimum atomic E-state index is -3.80. The Morgan fingerprint density at radius 3 is 2.31 bits per heavy atom. The predicted molar refractivity (Wildman–Crippen MR) is 195 cm³/mol. The molecule has 3 heterocycles. The summed E-state index contributed by atoms with van der Waals surface area (Å²) < 4.78 is 60.8. The smallest absolute Gasteiger partial charge is 0.276 e. The number of carbonyl (C=O) groups excluding carboxylic acids is 2. The molecule has 3 aliphatic rings. The first-order valence-electron chi connectivity index (χ1n) is 16.8. The first-order valence-corrected chi connectivity index (χ1v) is 20.1. The first kappa shape index (κ1) is 38.1. The lowest BCUT2D eigenvalue weighted by molar-refractivity contribution is -0.138. The topological polar surface area (TPSA) is 123 Å². The number of sulfonamides is 1. The number of carbonyl (C=O) groups is 2. The van der Waals surface area contributed by atoms with Crippen LogP contribution in [0.25, 0.3) is 0 Å². The van der Waals surface area contributed by atoms with E-state index in [1.165, 1.54) is 28.6 Å². The number of piperazine rings is 1. The maximum atomic E-state index is 16.0. The number of likely N-dealkylation sites (N-methyl/N-ethyl adjacent to an activating group) is 1. The van der Waals surface area contributed by atoms with Crippen molar-refractivity contribution in [3.05, 3.63) is 47.1 Å². The molecular formula is C33H45ClF2IN7O4S. The fourth-order valence-corrected chi connectivity index (χ4v) is 9.22. The van der Waals surface area contributed by atoms with E-state index in [0.717, 1.165) is 13.0 Å². The lowest BCUT2D eigenvalue weighted by Crippen LogP contribution is -2.49. The van der Waals surface area contributed by atoms with Crippen molar-refractivity contribution in [2.75, 3.05) is 80.3 Å². The number of hydrogen-bond donors (Lipinski definition) is 1. The molecule has 16 heteroatoms. The van der Waals surface area contributed by atoms with Crippen molar-refractivity contribution in [1.82, 2.24) is 19.1 Å². The third-order valence-electron chi connectivity index (χ3n) is 9.90. The summed E-state index contributed by atoms with van der Waals surface area (Å²) >= 11 is 8.46. The van der Waals surface area contributed by atoms with Crippen LogP contribution in [0, 0.1) is 11.8 Å². The molecule has 5 rings (SSSR count). The van der Waals surface area contributed by atoms with Gasteiger partial charge in [-0.15, -0.1) is 0 Å². The van der Waals surface area contributed by atoms with Crippen LogP contribution in [0.1, 0.15) is 44.1 Å². The van der Waals surface area contributed by atoms with Crippen molar-refractivity contribution < 1.29 is 26.8 Å². The SMILES string of the molecule is CN(CCN)CCN(CI)C(=O)C1CCC(C(F)(F)c2cc(Cl)nc(N3CCN(S(=O)(=O)c4ccc(N5CCCC5=O)cc4)CC3)c2)CC1. The lowest BCUT2D eigenvalue weighted by atomic mass is 9.77. The van der Waals surface area contributed by atoms with E-state index in [1.54, 1.807) is 26.8 Å². The van der Waals surface area contributed by atoms with E-state index in [4.69, 9.17) is 17.3 Å². The quantitative estimate of drug-likeness (QED) is 0.137. The molecule has 2 N–H and O–H groups in total. The maximum Gasteiger partial charge on any atom is 0.276 e. The number of rotatable bonds is 13. The molecule has 2 aromatic rings. The molecule has 1 saturated carbocycles. The highest BCUT2D eigenvalue weighted by Crippen LogP contribution is 2.46. The number of halogens is 4. The van der Waals surface area contributed by atoms with Gasteiger partial charge in [-0.25, -0.2) is 22.2 Å². The van der Waals surface area contributed by atoms with Crippen LogP contribution in [-0.2, 0) is 25.5 Å². The summed E-state index contributed by atoms with van der Waals surface area (Å²) in [6.07, 6.45) is 2.48. The second kappa shape index (κ2) is 16.4. The van der Waals surface area contributed by atoms with Gasteiger partial charge in [0.25, 0.3) is 5.92 Å². The average molecular weight is 836 g/mol. The molecule has 2 saturated heterocycles. The molecular weight excluding hydrogens is 791 g/mol. The molecule has 0 bridgehead atoms. The van der Waals surface area contributed by atoms with Crippen LogP contribution in [-0.4, -0.2) is 110 Å². The Morgan fingerprint density at radius 2 is 1.71 bits per heavy atom. The Morgan fingerprint density at radius 1 is 1.04 bits per heavy atom. The highest BCUT2D eigenvalue weighted by atomic mass is 127. The van der Waals surface area contributed by atoms with Gasteiger partial charge in [-0.2, -0.15) is 4.31 Å². The van der Waals surface area contributed by atoms with Crippen LogP contribution in [0.2, 0.25) is 5.15 Å². The number of benzene rings is 1. The molecule has 2 amide bonds. The molecule has 270 valence electrons. The van der Waals surface area contributed by atoms with Gasteiger partial charge >= 0.3 is 0 Å². The van der Waals surface area contributed by atoms with Crippen LogP contribution in [0.5, 0.6) is 0 Å². The summed E-state index contributed by atoms with van der Waals surface area (Å²) in [7, 11) is -1.84. The number of nitrogens with zero attached hydrogens (tertiary/aromatic N) is 6. The average Bonchev–Trinajstić information content (AvgIpc) is 3.54. The van der Waals surface area contributed by atoms with Gasteiger partial charge < -0.3 is 25.3 Å². The van der Waals surface area contributed by atoms with Crippen LogP contribution < -0.4 is 15.5 Å². The van der Waals surface area contributed by atoms with Crippen LogP contribution in [0.3, 0.4) is 0 Å². The number of anilines is 2. The van der Waals surface area contributed by atoms with Gasteiger partial charge in [-0.3, -0.25) is 9.59 Å². The van der Waals surface area contributed by atoms with Gasteiger partial charge in [0, 0.05) is 88.4 Å². The molecule has 2 aliphatic heterocycles. The zero-order valence-corrected chi connectivity index (χ0v) is 31.5. The van der Waals surface area contributed by atoms with Crippen LogP contribution in [0.4, 0.5) is 20.3 Å². The van der Waals surface area contributed by atoms with E-state index in [2.05, 4.69) is 32.5 Å². The maximum absolute atomic E-state index is 16.0. The van der Waals surface area contributed by atoms with Crippen LogP contribution in [0.15, 0.2) is 41.3 Å². The number of nitrogens with two attached hydrogens (primary N) is 1. The second-order valence-electron chi connectivity index (χ2n) is 13.1. The molecule has 3 fully saturated rings. The molecule has 49 heavy (non-hydrogen) atoms. The normalized spacial score (nSPS) is 21.1. The van der Waals surface area contributed by atoms with Crippen molar-refractivity contribution in [3.8, 4) is 0 Å². The number of alkyl halides is 3. The van der Waals surface area contributed by atoms with Gasteiger partial charge in [-0.1, -0.05) is 34.2 Å². The summed E-state index contributed by atoms with van der Waals surface area (Å²) in [6, 6.07) is 8.90. The molecule has 1 aliphatic carbocycles. The largest absolute Gasteiger partial charge is 0.354 e. The third-order valence-corrected chi connectivity index (χ3v) is 12.8. The fourth-order valence-electron chi connectivity index (χ4n) is 6.91. The summed E-state index contributed by atoms with van der Waals surface area (Å²) in [5.74, 6) is -4.08. The van der Waals surface area contributed by atoms with Gasteiger partial charge in [-0.05, 0) is 75.5 Å². The molecule has 11 nitrogen and oxygen atoms in total. The lowest BCUT2D eigenvalue weighted by Gasteiger charge is -2.37. The van der Waals surface area contributed by atoms with Crippen molar-refractivity contribution in [3.63, 3.8) is 0 Å². The predicted octanol–water partition coefficient (Wildman–Crippen LogP) is 4.38. The zero-order valence-electron chi connectivity index (χ0n) is 27.7. The van der Waals surface area contributed by atoms with Gasteiger partial charge in [0.2, 0.25) is 21.8 Å². The molecule has 0 atom stereocenters. The number of aromatic nitrogens is 1. The Bertz CT molecular complexity index is 1570. The minimum absolute atomic E-state index is 0.0169. The minimum Gasteiger partial charge on any atom is -0.354 e. The summed E-state index contributed by atoms with van der Waals surface area (Å²) in [5.41, 5.74) is 6.07. The Labute approximate surface area is 306 Å². The molecule has 1 aromatic heterocycles. The highest BCUT2D eigenvalue weighted by Gasteiger charge is 2.45. The van der Waals surface area contributed by atoms with E-state index in [9.17, 15) is 18.0 Å². The first-order chi connectivity index (χ1) is 23.3. The van der Waals surface area contributed by atoms with Crippen molar-refractivity contribution >= 4 is 67.5 Å². The molecule has 1 aromatic carbocycles. The van der Waals surface area contributed by atoms with Gasteiger partial charge in [0.15, 0.2) is 0 Å². The van der Waals surface area contributed by atoms with E-state index in [-0.39, 0.29) is 78.2 Å². The molecule has 0 radical (unpaired) electrons. The van der Waals surface area contributed by atoms with Gasteiger partial charge in [0.05, 0.1) is 9.45 Å². The second-order valence-corrected chi connectivity index (χ2v) is 16.1. The summed E-state index contributed by atoms with van der Waals surface area (Å²) in [5, 5.41) is -0.0556. The standard InChI is InChI=1S/C33H45ClF2IN7O4S/c1-40(14-12-38)15-16-42(23-37)32(46)24-4-6-25(7-5-24)33(35,36)26-21-29(34)39-30(22-26)41-17-19-43(20-18-41)49(47,48)28-10-8-27(9-11-28)44-13-2-3-31(44)45/h8-11,21-22,24-25H,2-7,12-20,23,38H2,1H3. The van der Waals surface area contributed by atoms with Crippen molar-refractivity contribution in [2.45, 2.75) is 49.3 Å². The Kier molecular flexibility index (Phi) is 12.8. The van der Waals surface area contributed by atoms with E-state index in [1.807, 2.05) is 7.05 Å². The third kappa shape index (κ3) is 8.83. The highest BCUT2D eigenvalue weighted by molar-refractivity contribution is 14.1.